The Morgan fingerprint density at radius 2 is 1.85 bits per heavy atom. The number of hydrogen-bond donors (Lipinski definition) is 1. The number of fused-ring (bicyclic) bond motifs is 1. The van der Waals surface area contributed by atoms with Crippen LogP contribution in [0.2, 0.25) is 0 Å². The smallest absolute Gasteiger partial charge is 0.355 e. The van der Waals surface area contributed by atoms with Gasteiger partial charge in [0.1, 0.15) is 23.1 Å². The first-order chi connectivity index (χ1) is 22.9. The maximum Gasteiger partial charge on any atom is 0.355 e. The molecule has 4 rings (SSSR count). The highest BCUT2D eigenvalue weighted by atomic mass is 32.2. The Labute approximate surface area is 285 Å². The fourth-order valence-electron chi connectivity index (χ4n) is 5.36. The van der Waals surface area contributed by atoms with E-state index in [1.807, 2.05) is 20.1 Å². The van der Waals surface area contributed by atoms with Crippen molar-refractivity contribution >= 4 is 45.3 Å². The third-order valence-electron chi connectivity index (χ3n) is 7.56. The highest BCUT2D eigenvalue weighted by Gasteiger charge is 2.27. The van der Waals surface area contributed by atoms with Crippen LogP contribution < -0.4 is 10.6 Å². The second kappa shape index (κ2) is 15.7. The topological polar surface area (TPSA) is 109 Å². The minimum Gasteiger partial charge on any atom is -0.507 e. The molecule has 4 aromatic rings. The first kappa shape index (κ1) is 36.5. The van der Waals surface area contributed by atoms with Crippen molar-refractivity contribution in [3.63, 3.8) is 0 Å². The fraction of sp³-hybridized carbons (Fsp3) is 0.314. The summed E-state index contributed by atoms with van der Waals surface area (Å²) in [5.74, 6) is -2.44. The molecule has 1 atom stereocenters. The van der Waals surface area contributed by atoms with Gasteiger partial charge < -0.3 is 14.9 Å². The molecule has 1 unspecified atom stereocenters. The van der Waals surface area contributed by atoms with Crippen molar-refractivity contribution in [3.05, 3.63) is 94.7 Å². The number of aryl methyl sites for hydroxylation is 1. The van der Waals surface area contributed by atoms with E-state index >= 15 is 8.78 Å². The van der Waals surface area contributed by atoms with E-state index in [0.717, 1.165) is 12.1 Å². The van der Waals surface area contributed by atoms with Crippen LogP contribution >= 0.6 is 11.8 Å². The van der Waals surface area contributed by atoms with E-state index in [4.69, 9.17) is 0 Å². The lowest BCUT2D eigenvalue weighted by Crippen LogP contribution is -2.32. The second-order valence-corrected chi connectivity index (χ2v) is 14.0. The molecular formula is C35H39F2N5O4S2. The largest absolute Gasteiger partial charge is 0.507 e. The zero-order chi connectivity index (χ0) is 35.3. The van der Waals surface area contributed by atoms with E-state index < -0.39 is 45.1 Å². The van der Waals surface area contributed by atoms with Gasteiger partial charge in [-0.1, -0.05) is 52.5 Å². The normalized spacial score (nSPS) is 12.4. The number of nitrogens with zero attached hydrogens (tertiary/aromatic N) is 5. The summed E-state index contributed by atoms with van der Waals surface area (Å²) in [6.07, 6.45) is 5.81. The number of carbonyl (C=O) groups excluding carboxylic acids is 1. The summed E-state index contributed by atoms with van der Waals surface area (Å²) < 4.78 is 46.1. The maximum absolute atomic E-state index is 16.1. The van der Waals surface area contributed by atoms with Crippen molar-refractivity contribution in [3.8, 4) is 22.7 Å². The molecule has 0 saturated heterocycles. The SMILES string of the molecule is C=CC(=O)N(CCC)/C(C)=C\N(CSC)c1nc(=O)n(-c2c(CC)cccc2S(=O)C(C)C)c2nc(-c3c(O)cccc3F)c(F)cc12. The van der Waals surface area contributed by atoms with Gasteiger partial charge in [-0.3, -0.25) is 9.00 Å². The molecule has 0 aliphatic carbocycles. The Hall–Kier alpha value is -4.36. The average Bonchev–Trinajstić information content (AvgIpc) is 3.06. The Morgan fingerprint density at radius 1 is 1.15 bits per heavy atom. The molecule has 2 aromatic carbocycles. The van der Waals surface area contributed by atoms with Crippen LogP contribution in [-0.4, -0.2) is 58.6 Å². The molecule has 13 heteroatoms. The van der Waals surface area contributed by atoms with E-state index in [1.54, 1.807) is 50.1 Å². The van der Waals surface area contributed by atoms with Crippen molar-refractivity contribution < 1.29 is 22.9 Å². The summed E-state index contributed by atoms with van der Waals surface area (Å²) in [5, 5.41) is 10.4. The van der Waals surface area contributed by atoms with Crippen molar-refractivity contribution in [2.24, 2.45) is 0 Å². The number of carbonyl (C=O) groups is 1. The summed E-state index contributed by atoms with van der Waals surface area (Å²) in [4.78, 5) is 39.5. The molecule has 0 spiro atoms. The Kier molecular flexibility index (Phi) is 11.9. The van der Waals surface area contributed by atoms with Crippen molar-refractivity contribution in [1.29, 1.82) is 0 Å². The minimum absolute atomic E-state index is 0.0404. The summed E-state index contributed by atoms with van der Waals surface area (Å²) in [6, 6.07) is 9.88. The lowest BCUT2D eigenvalue weighted by atomic mass is 10.1. The molecule has 2 aromatic heterocycles. The number of aromatic nitrogens is 3. The summed E-state index contributed by atoms with van der Waals surface area (Å²) in [5.41, 5.74) is -0.392. The monoisotopic (exact) mass is 695 g/mol. The Balaban J connectivity index is 2.19. The molecule has 48 heavy (non-hydrogen) atoms. The number of hydrogen-bond acceptors (Lipinski definition) is 8. The zero-order valence-corrected chi connectivity index (χ0v) is 29.4. The molecule has 0 bridgehead atoms. The van der Waals surface area contributed by atoms with Crippen LogP contribution in [0.1, 0.15) is 46.6 Å². The van der Waals surface area contributed by atoms with Crippen LogP contribution in [0.3, 0.4) is 0 Å². The average molecular weight is 696 g/mol. The van der Waals surface area contributed by atoms with Gasteiger partial charge in [-0.2, -0.15) is 4.98 Å². The highest BCUT2D eigenvalue weighted by molar-refractivity contribution is 7.98. The van der Waals surface area contributed by atoms with Crippen molar-refractivity contribution in [1.82, 2.24) is 19.4 Å². The Morgan fingerprint density at radius 3 is 2.46 bits per heavy atom. The van der Waals surface area contributed by atoms with Gasteiger partial charge in [0, 0.05) is 23.7 Å². The number of para-hydroxylation sites is 1. The van der Waals surface area contributed by atoms with Crippen LogP contribution in [0, 0.1) is 11.6 Å². The maximum atomic E-state index is 16.1. The van der Waals surface area contributed by atoms with Gasteiger partial charge in [-0.05, 0) is 61.9 Å². The molecule has 254 valence electrons. The van der Waals surface area contributed by atoms with Gasteiger partial charge in [-0.25, -0.2) is 23.1 Å². The molecule has 1 amide bonds. The second-order valence-electron chi connectivity index (χ2n) is 11.2. The van der Waals surface area contributed by atoms with Crippen molar-refractivity contribution in [2.75, 3.05) is 23.6 Å². The highest BCUT2D eigenvalue weighted by Crippen LogP contribution is 2.37. The molecule has 1 N–H and O–H groups in total. The first-order valence-electron chi connectivity index (χ1n) is 15.4. The number of phenolic OH excluding ortho intramolecular Hbond substituents is 1. The molecule has 0 fully saturated rings. The third kappa shape index (κ3) is 7.21. The van der Waals surface area contributed by atoms with Crippen LogP contribution in [0.5, 0.6) is 5.75 Å². The first-order valence-corrected chi connectivity index (χ1v) is 18.0. The van der Waals surface area contributed by atoms with Gasteiger partial charge in [0.15, 0.2) is 11.5 Å². The third-order valence-corrected chi connectivity index (χ3v) is 9.71. The van der Waals surface area contributed by atoms with E-state index in [9.17, 15) is 18.9 Å². The molecule has 0 saturated carbocycles. The number of rotatable bonds is 13. The van der Waals surface area contributed by atoms with E-state index in [-0.39, 0.29) is 39.6 Å². The number of thioether (sulfide) groups is 1. The van der Waals surface area contributed by atoms with Gasteiger partial charge in [0.05, 0.1) is 38.2 Å². The number of halogens is 2. The summed E-state index contributed by atoms with van der Waals surface area (Å²) in [6.45, 7) is 13.1. The van der Waals surface area contributed by atoms with E-state index in [1.165, 1.54) is 39.4 Å². The molecule has 0 radical (unpaired) electrons. The van der Waals surface area contributed by atoms with Crippen LogP contribution in [0.4, 0.5) is 14.6 Å². The van der Waals surface area contributed by atoms with Crippen LogP contribution in [0.25, 0.3) is 28.0 Å². The molecule has 0 aliphatic rings. The molecule has 2 heterocycles. The quantitative estimate of drug-likeness (QED) is 0.119. The molecule has 0 aliphatic heterocycles. The lowest BCUT2D eigenvalue weighted by molar-refractivity contribution is -0.124. The number of phenols is 1. The van der Waals surface area contributed by atoms with Gasteiger partial charge >= 0.3 is 5.69 Å². The minimum atomic E-state index is -1.56. The number of anilines is 1. The predicted molar refractivity (Wildman–Crippen MR) is 190 cm³/mol. The summed E-state index contributed by atoms with van der Waals surface area (Å²) >= 11 is 1.40. The number of benzene rings is 2. The number of aromatic hydroxyl groups is 1. The number of allylic oxidation sites excluding steroid dienone is 1. The van der Waals surface area contributed by atoms with Gasteiger partial charge in [-0.15, -0.1) is 11.8 Å². The van der Waals surface area contributed by atoms with Gasteiger partial charge in [0.2, 0.25) is 5.91 Å². The Bertz CT molecular complexity index is 1960. The zero-order valence-electron chi connectivity index (χ0n) is 27.8. The molecular weight excluding hydrogens is 657 g/mol. The van der Waals surface area contributed by atoms with E-state index in [0.29, 0.717) is 35.5 Å². The standard InChI is InChI=1S/C35H39F2N5O4S2/c1-8-17-41(29(44)10-3)22(6)19-40(20-47-7)33-24-18-26(37)31(30-25(36)14-12-15-27(30)43)38-34(24)42(35(45)39-33)32-23(9-2)13-11-16-28(32)48(46)21(4)5/h10-16,18-19,21,43H,3,8-9,17,20H2,1-2,4-7H3/b22-19-. The summed E-state index contributed by atoms with van der Waals surface area (Å²) in [7, 11) is -1.56. The van der Waals surface area contributed by atoms with Crippen LogP contribution in [-0.2, 0) is 22.0 Å². The number of pyridine rings is 1. The van der Waals surface area contributed by atoms with Crippen molar-refractivity contribution in [2.45, 2.75) is 57.6 Å². The van der Waals surface area contributed by atoms with Crippen LogP contribution in [0.15, 0.2) is 76.7 Å². The lowest BCUT2D eigenvalue weighted by Gasteiger charge is -2.27. The predicted octanol–water partition coefficient (Wildman–Crippen LogP) is 6.92. The molecule has 9 nitrogen and oxygen atoms in total. The van der Waals surface area contributed by atoms with Gasteiger partial charge in [0.25, 0.3) is 0 Å². The van der Waals surface area contributed by atoms with E-state index in [2.05, 4.69) is 16.5 Å². The number of amides is 1. The fourth-order valence-corrected chi connectivity index (χ4v) is 6.97.